The number of rotatable bonds is 5. The average Bonchev–Trinajstić information content (AvgIpc) is 2.60. The van der Waals surface area contributed by atoms with Gasteiger partial charge < -0.3 is 11.1 Å². The second-order valence-corrected chi connectivity index (χ2v) is 5.82. The van der Waals surface area contributed by atoms with Gasteiger partial charge in [0.25, 0.3) is 0 Å². The van der Waals surface area contributed by atoms with Crippen LogP contribution in [-0.2, 0) is 12.0 Å². The lowest BCUT2D eigenvalue weighted by Crippen LogP contribution is -2.17. The molecule has 0 spiro atoms. The van der Waals surface area contributed by atoms with Crippen LogP contribution in [0, 0.1) is 0 Å². The molecule has 0 radical (unpaired) electrons. The number of thiazole rings is 1. The van der Waals surface area contributed by atoms with E-state index in [4.69, 9.17) is 5.73 Å². The molecule has 0 aliphatic rings. The van der Waals surface area contributed by atoms with Crippen molar-refractivity contribution < 1.29 is 0 Å². The van der Waals surface area contributed by atoms with Crippen LogP contribution in [-0.4, -0.2) is 18.1 Å². The molecule has 0 aromatic carbocycles. The fourth-order valence-corrected chi connectivity index (χ4v) is 2.11. The van der Waals surface area contributed by atoms with Gasteiger partial charge in [-0.3, -0.25) is 0 Å². The largest absolute Gasteiger partial charge is 0.330 e. The minimum atomic E-state index is 0.167. The molecule has 1 rings (SSSR count). The summed E-state index contributed by atoms with van der Waals surface area (Å²) in [6, 6.07) is 0. The standard InChI is InChI=1S/C11H21N3S/c1-11(2,3)10-14-8-9(15-10)7-13-6-4-5-12/h8,13H,4-7,12H2,1-3H3. The highest BCUT2D eigenvalue weighted by Crippen LogP contribution is 2.26. The van der Waals surface area contributed by atoms with Crippen molar-refractivity contribution >= 4 is 11.3 Å². The Morgan fingerprint density at radius 1 is 1.47 bits per heavy atom. The van der Waals surface area contributed by atoms with E-state index in [2.05, 4.69) is 31.1 Å². The van der Waals surface area contributed by atoms with Gasteiger partial charge in [-0.15, -0.1) is 11.3 Å². The highest BCUT2D eigenvalue weighted by molar-refractivity contribution is 7.11. The maximum absolute atomic E-state index is 5.42. The first-order chi connectivity index (χ1) is 7.04. The maximum atomic E-state index is 5.42. The number of nitrogens with one attached hydrogen (secondary N) is 1. The third kappa shape index (κ3) is 4.28. The normalized spacial score (nSPS) is 12.0. The lowest BCUT2D eigenvalue weighted by atomic mass is 9.98. The molecule has 0 saturated heterocycles. The summed E-state index contributed by atoms with van der Waals surface area (Å²) < 4.78 is 0. The summed E-state index contributed by atoms with van der Waals surface area (Å²) in [4.78, 5) is 5.74. The van der Waals surface area contributed by atoms with Crippen molar-refractivity contribution in [1.82, 2.24) is 10.3 Å². The zero-order valence-electron chi connectivity index (χ0n) is 9.84. The maximum Gasteiger partial charge on any atom is 0.0981 e. The zero-order valence-corrected chi connectivity index (χ0v) is 10.7. The number of aromatic nitrogens is 1. The average molecular weight is 227 g/mol. The molecule has 4 heteroatoms. The van der Waals surface area contributed by atoms with E-state index in [-0.39, 0.29) is 5.41 Å². The van der Waals surface area contributed by atoms with Crippen molar-refractivity contribution in [3.05, 3.63) is 16.1 Å². The molecule has 0 atom stereocenters. The molecular weight excluding hydrogens is 206 g/mol. The van der Waals surface area contributed by atoms with E-state index in [9.17, 15) is 0 Å². The summed E-state index contributed by atoms with van der Waals surface area (Å²) in [6.45, 7) is 9.22. The van der Waals surface area contributed by atoms with Gasteiger partial charge in [0.15, 0.2) is 0 Å². The molecule has 3 nitrogen and oxygen atoms in total. The second-order valence-electron chi connectivity index (χ2n) is 4.70. The van der Waals surface area contributed by atoms with Crippen molar-refractivity contribution in [2.24, 2.45) is 5.73 Å². The van der Waals surface area contributed by atoms with Crippen LogP contribution in [0.3, 0.4) is 0 Å². The smallest absolute Gasteiger partial charge is 0.0981 e. The first kappa shape index (κ1) is 12.6. The Labute approximate surface area is 96.1 Å². The van der Waals surface area contributed by atoms with Gasteiger partial charge in [-0.1, -0.05) is 20.8 Å². The molecule has 0 aliphatic carbocycles. The minimum Gasteiger partial charge on any atom is -0.330 e. The van der Waals surface area contributed by atoms with Gasteiger partial charge in [0.2, 0.25) is 0 Å². The Bertz CT molecular complexity index is 288. The second kappa shape index (κ2) is 5.58. The van der Waals surface area contributed by atoms with E-state index >= 15 is 0 Å². The summed E-state index contributed by atoms with van der Waals surface area (Å²) in [5, 5.41) is 4.56. The fourth-order valence-electron chi connectivity index (χ4n) is 1.17. The molecule has 1 aromatic rings. The molecule has 0 fully saturated rings. The predicted octanol–water partition coefficient (Wildman–Crippen LogP) is 1.88. The summed E-state index contributed by atoms with van der Waals surface area (Å²) in [6.07, 6.45) is 3.01. The molecule has 0 amide bonds. The molecule has 0 saturated carbocycles. The van der Waals surface area contributed by atoms with E-state index in [1.807, 2.05) is 6.20 Å². The summed E-state index contributed by atoms with van der Waals surface area (Å²) >= 11 is 1.79. The van der Waals surface area contributed by atoms with Crippen LogP contribution in [0.15, 0.2) is 6.20 Å². The lowest BCUT2D eigenvalue weighted by molar-refractivity contribution is 0.585. The SMILES string of the molecule is CC(C)(C)c1ncc(CNCCCN)s1. The van der Waals surface area contributed by atoms with Crippen LogP contribution in [0.5, 0.6) is 0 Å². The first-order valence-corrected chi connectivity index (χ1v) is 6.21. The van der Waals surface area contributed by atoms with Crippen LogP contribution in [0.4, 0.5) is 0 Å². The minimum absolute atomic E-state index is 0.167. The topological polar surface area (TPSA) is 50.9 Å². The summed E-state index contributed by atoms with van der Waals surface area (Å²) in [7, 11) is 0. The lowest BCUT2D eigenvalue weighted by Gasteiger charge is -2.13. The van der Waals surface area contributed by atoms with Gasteiger partial charge in [0.1, 0.15) is 0 Å². The molecule has 1 aromatic heterocycles. The van der Waals surface area contributed by atoms with E-state index in [0.717, 1.165) is 26.1 Å². The van der Waals surface area contributed by atoms with Crippen LogP contribution in [0.25, 0.3) is 0 Å². The van der Waals surface area contributed by atoms with Crippen molar-refractivity contribution in [3.63, 3.8) is 0 Å². The van der Waals surface area contributed by atoms with Gasteiger partial charge >= 0.3 is 0 Å². The Balaban J connectivity index is 2.40. The van der Waals surface area contributed by atoms with E-state index in [0.29, 0.717) is 0 Å². The van der Waals surface area contributed by atoms with E-state index in [1.54, 1.807) is 11.3 Å². The Kier molecular flexibility index (Phi) is 4.70. The fraction of sp³-hybridized carbons (Fsp3) is 0.727. The molecule has 15 heavy (non-hydrogen) atoms. The van der Waals surface area contributed by atoms with Gasteiger partial charge in [0, 0.05) is 23.0 Å². The van der Waals surface area contributed by atoms with E-state index in [1.165, 1.54) is 9.88 Å². The van der Waals surface area contributed by atoms with Gasteiger partial charge in [-0.05, 0) is 19.5 Å². The highest BCUT2D eigenvalue weighted by atomic mass is 32.1. The van der Waals surface area contributed by atoms with Gasteiger partial charge in [-0.2, -0.15) is 0 Å². The molecule has 1 heterocycles. The number of nitrogens with zero attached hydrogens (tertiary/aromatic N) is 1. The Morgan fingerprint density at radius 3 is 2.73 bits per heavy atom. The van der Waals surface area contributed by atoms with Crippen LogP contribution in [0.2, 0.25) is 0 Å². The monoisotopic (exact) mass is 227 g/mol. The Hall–Kier alpha value is -0.450. The summed E-state index contributed by atoms with van der Waals surface area (Å²) in [5.41, 5.74) is 5.59. The quantitative estimate of drug-likeness (QED) is 0.755. The van der Waals surface area contributed by atoms with Gasteiger partial charge in [0.05, 0.1) is 5.01 Å². The number of hydrogen-bond donors (Lipinski definition) is 2. The molecule has 0 aliphatic heterocycles. The molecule has 3 N–H and O–H groups in total. The molecule has 0 unspecified atom stereocenters. The molecule has 0 bridgehead atoms. The van der Waals surface area contributed by atoms with Crippen molar-refractivity contribution in [3.8, 4) is 0 Å². The van der Waals surface area contributed by atoms with Crippen LogP contribution in [0.1, 0.15) is 37.1 Å². The third-order valence-electron chi connectivity index (χ3n) is 2.05. The van der Waals surface area contributed by atoms with Crippen molar-refractivity contribution in [1.29, 1.82) is 0 Å². The highest BCUT2D eigenvalue weighted by Gasteiger charge is 2.17. The molecular formula is C11H21N3S. The molecule has 86 valence electrons. The Morgan fingerprint density at radius 2 is 2.20 bits per heavy atom. The van der Waals surface area contributed by atoms with Crippen molar-refractivity contribution in [2.75, 3.05) is 13.1 Å². The van der Waals surface area contributed by atoms with Crippen molar-refractivity contribution in [2.45, 2.75) is 39.2 Å². The van der Waals surface area contributed by atoms with E-state index < -0.39 is 0 Å². The summed E-state index contributed by atoms with van der Waals surface area (Å²) in [5.74, 6) is 0. The van der Waals surface area contributed by atoms with Crippen LogP contribution >= 0.6 is 11.3 Å². The predicted molar refractivity (Wildman–Crippen MR) is 66.2 cm³/mol. The van der Waals surface area contributed by atoms with Crippen LogP contribution < -0.4 is 11.1 Å². The first-order valence-electron chi connectivity index (χ1n) is 5.40. The van der Waals surface area contributed by atoms with Gasteiger partial charge in [-0.25, -0.2) is 4.98 Å². The third-order valence-corrected chi connectivity index (χ3v) is 3.48. The number of nitrogens with two attached hydrogens (primary N) is 1. The number of hydrogen-bond acceptors (Lipinski definition) is 4. The zero-order chi connectivity index (χ0) is 11.3.